The minimum absolute atomic E-state index is 0.421. The number of furan rings is 1. The number of thiophene rings is 1. The highest BCUT2D eigenvalue weighted by atomic mass is 32.1. The van der Waals surface area contributed by atoms with Crippen LogP contribution in [0.3, 0.4) is 0 Å². The summed E-state index contributed by atoms with van der Waals surface area (Å²) in [5.41, 5.74) is 14.6. The van der Waals surface area contributed by atoms with Gasteiger partial charge >= 0.3 is 0 Å². The maximum atomic E-state index is 6.61. The van der Waals surface area contributed by atoms with E-state index >= 15 is 0 Å². The van der Waals surface area contributed by atoms with Crippen molar-refractivity contribution < 1.29 is 4.42 Å². The van der Waals surface area contributed by atoms with Crippen LogP contribution in [0.2, 0.25) is 0 Å². The Balaban J connectivity index is 0.943. The Labute approximate surface area is 408 Å². The van der Waals surface area contributed by atoms with Crippen molar-refractivity contribution in [3.63, 3.8) is 0 Å². The number of hydrogen-bond donors (Lipinski definition) is 0. The molecule has 70 heavy (non-hydrogen) atoms. The van der Waals surface area contributed by atoms with Gasteiger partial charge in [-0.2, -0.15) is 0 Å². The molecule has 0 atom stereocenters. The molecule has 0 aliphatic carbocycles. The highest BCUT2D eigenvalue weighted by Gasteiger charge is 2.20. The van der Waals surface area contributed by atoms with Crippen molar-refractivity contribution in [1.82, 2.24) is 4.57 Å². The van der Waals surface area contributed by atoms with Gasteiger partial charge in [-0.25, -0.2) is 9.98 Å². The molecule has 3 aromatic heterocycles. The standard InChI is InChI=1S/C64H42N4OS/c1-65-64(67-63(47-23-13-22-45(37-47)43-19-6-3-7-20-43)66-40-41-16-12-21-44(36-41)42-17-4-2-5-18-42)52-27-14-30-58-61(52)53-38-46(32-34-57(53)69-58)49-26-15-31-60-62(49)54-39-48(33-35-59(54)70-60)68-55-28-10-8-24-50(55)51-25-9-11-29-56(51)68/h2-39H,1,40H2. The second-order valence-corrected chi connectivity index (χ2v) is 18.7. The Morgan fingerprint density at radius 3 is 1.89 bits per heavy atom. The molecule has 0 aliphatic heterocycles. The molecule has 6 heteroatoms. The number of fused-ring (bicyclic) bond motifs is 9. The van der Waals surface area contributed by atoms with E-state index in [4.69, 9.17) is 14.4 Å². The van der Waals surface area contributed by atoms with Gasteiger partial charge in [0.05, 0.1) is 17.6 Å². The summed E-state index contributed by atoms with van der Waals surface area (Å²) in [5.74, 6) is 1.02. The normalized spacial score (nSPS) is 12.3. The van der Waals surface area contributed by atoms with Gasteiger partial charge in [-0.3, -0.25) is 4.99 Å². The molecule has 0 radical (unpaired) electrons. The van der Waals surface area contributed by atoms with E-state index in [0.29, 0.717) is 18.2 Å². The topological polar surface area (TPSA) is 55.1 Å². The summed E-state index contributed by atoms with van der Waals surface area (Å²) in [5, 5.41) is 6.87. The lowest BCUT2D eigenvalue weighted by molar-refractivity contribution is 0.669. The van der Waals surface area contributed by atoms with Gasteiger partial charge in [0.25, 0.3) is 0 Å². The van der Waals surface area contributed by atoms with Crippen LogP contribution in [-0.2, 0) is 6.54 Å². The lowest BCUT2D eigenvalue weighted by atomic mass is 9.97. The van der Waals surface area contributed by atoms with Crippen molar-refractivity contribution in [2.45, 2.75) is 6.54 Å². The summed E-state index contributed by atoms with van der Waals surface area (Å²) in [6.07, 6.45) is 0. The Morgan fingerprint density at radius 2 is 1.13 bits per heavy atom. The average Bonchev–Trinajstić information content (AvgIpc) is 4.11. The van der Waals surface area contributed by atoms with E-state index in [-0.39, 0.29) is 0 Å². The van der Waals surface area contributed by atoms with Gasteiger partial charge < -0.3 is 8.98 Å². The molecule has 13 aromatic rings. The van der Waals surface area contributed by atoms with E-state index in [1.807, 2.05) is 35.6 Å². The third-order valence-corrected chi connectivity index (χ3v) is 14.5. The van der Waals surface area contributed by atoms with Gasteiger partial charge in [0.2, 0.25) is 0 Å². The molecule has 330 valence electrons. The van der Waals surface area contributed by atoms with Crippen LogP contribution in [0.4, 0.5) is 0 Å². The molecule has 0 unspecified atom stereocenters. The number of benzene rings is 10. The van der Waals surface area contributed by atoms with Crippen LogP contribution in [0.5, 0.6) is 0 Å². The molecular weight excluding hydrogens is 873 g/mol. The third-order valence-electron chi connectivity index (χ3n) is 13.4. The summed E-state index contributed by atoms with van der Waals surface area (Å²) in [7, 11) is 0. The molecule has 0 N–H and O–H groups in total. The molecule has 10 aromatic carbocycles. The molecular formula is C64H42N4OS. The second kappa shape index (κ2) is 17.3. The molecule has 5 nitrogen and oxygen atoms in total. The van der Waals surface area contributed by atoms with Crippen LogP contribution in [0, 0.1) is 0 Å². The van der Waals surface area contributed by atoms with Crippen LogP contribution in [0.25, 0.3) is 103 Å². The van der Waals surface area contributed by atoms with Crippen LogP contribution < -0.4 is 0 Å². The minimum Gasteiger partial charge on any atom is -0.456 e. The predicted octanol–water partition coefficient (Wildman–Crippen LogP) is 17.1. The maximum Gasteiger partial charge on any atom is 0.161 e. The molecule has 0 saturated carbocycles. The number of amidine groups is 2. The monoisotopic (exact) mass is 914 g/mol. The van der Waals surface area contributed by atoms with Gasteiger partial charge in [0.1, 0.15) is 11.2 Å². The first-order valence-electron chi connectivity index (χ1n) is 23.5. The summed E-state index contributed by atoms with van der Waals surface area (Å²) in [6.45, 7) is 4.52. The van der Waals surface area contributed by atoms with Crippen molar-refractivity contribution in [2.75, 3.05) is 0 Å². The zero-order valence-electron chi connectivity index (χ0n) is 38.0. The van der Waals surface area contributed by atoms with Crippen LogP contribution in [0.15, 0.2) is 250 Å². The largest absolute Gasteiger partial charge is 0.456 e. The minimum atomic E-state index is 0.421. The number of rotatable bonds is 8. The van der Waals surface area contributed by atoms with Crippen molar-refractivity contribution >= 4 is 93.6 Å². The number of aromatic nitrogens is 1. The summed E-state index contributed by atoms with van der Waals surface area (Å²) < 4.78 is 11.5. The summed E-state index contributed by atoms with van der Waals surface area (Å²) in [6, 6.07) is 81.3. The van der Waals surface area contributed by atoms with Gasteiger partial charge in [-0.1, -0.05) is 164 Å². The lowest BCUT2D eigenvalue weighted by Crippen LogP contribution is -2.06. The van der Waals surface area contributed by atoms with Crippen molar-refractivity contribution in [2.24, 2.45) is 15.0 Å². The molecule has 0 fully saturated rings. The van der Waals surface area contributed by atoms with Gasteiger partial charge in [-0.05, 0) is 112 Å². The molecule has 0 amide bonds. The Kier molecular flexibility index (Phi) is 10.2. The zero-order chi connectivity index (χ0) is 46.5. The Morgan fingerprint density at radius 1 is 0.457 bits per heavy atom. The first-order chi connectivity index (χ1) is 34.6. The van der Waals surface area contributed by atoms with Gasteiger partial charge in [0, 0.05) is 58.5 Å². The fraction of sp³-hybridized carbons (Fsp3) is 0.0156. The number of hydrogen-bond acceptors (Lipinski definition) is 3. The quantitative estimate of drug-likeness (QED) is 0.111. The lowest BCUT2D eigenvalue weighted by Gasteiger charge is -2.10. The van der Waals surface area contributed by atoms with Gasteiger partial charge in [0.15, 0.2) is 11.7 Å². The summed E-state index contributed by atoms with van der Waals surface area (Å²) in [4.78, 5) is 15.2. The van der Waals surface area contributed by atoms with E-state index in [2.05, 4.69) is 223 Å². The van der Waals surface area contributed by atoms with Crippen LogP contribution >= 0.6 is 11.3 Å². The van der Waals surface area contributed by atoms with E-state index in [0.717, 1.165) is 77.7 Å². The average molecular weight is 915 g/mol. The molecule has 0 aliphatic rings. The molecule has 0 bridgehead atoms. The van der Waals surface area contributed by atoms with E-state index in [9.17, 15) is 0 Å². The Hall–Kier alpha value is -8.97. The molecule has 0 spiro atoms. The molecule has 0 saturated heterocycles. The highest BCUT2D eigenvalue weighted by Crippen LogP contribution is 2.43. The van der Waals surface area contributed by atoms with E-state index in [1.165, 1.54) is 42.0 Å². The predicted molar refractivity (Wildman–Crippen MR) is 296 cm³/mol. The fourth-order valence-electron chi connectivity index (χ4n) is 10.2. The Bertz CT molecular complexity index is 4180. The third kappa shape index (κ3) is 7.21. The first-order valence-corrected chi connectivity index (χ1v) is 24.3. The van der Waals surface area contributed by atoms with Crippen molar-refractivity contribution in [1.29, 1.82) is 0 Å². The number of nitrogens with zero attached hydrogens (tertiary/aromatic N) is 4. The van der Waals surface area contributed by atoms with E-state index < -0.39 is 0 Å². The zero-order valence-corrected chi connectivity index (χ0v) is 38.8. The smallest absolute Gasteiger partial charge is 0.161 e. The number of aliphatic imine (C=N–C) groups is 3. The maximum absolute atomic E-state index is 6.61. The fourth-order valence-corrected chi connectivity index (χ4v) is 11.3. The van der Waals surface area contributed by atoms with Crippen molar-refractivity contribution in [3.05, 3.63) is 247 Å². The van der Waals surface area contributed by atoms with Crippen molar-refractivity contribution in [3.8, 4) is 39.1 Å². The molecule has 3 heterocycles. The summed E-state index contributed by atoms with van der Waals surface area (Å²) >= 11 is 1.83. The SMILES string of the molecule is C=NC(=NC(=NCc1cccc(-c2ccccc2)c1)c1cccc(-c2ccccc2)c1)c1cccc2oc3ccc(-c4cccc5sc6ccc(-n7c8ccccc8c8ccccc87)cc6c45)cc3c12. The first kappa shape index (κ1) is 41.2. The highest BCUT2D eigenvalue weighted by molar-refractivity contribution is 7.26. The van der Waals surface area contributed by atoms with Crippen LogP contribution in [0.1, 0.15) is 16.7 Å². The second-order valence-electron chi connectivity index (χ2n) is 17.6. The molecule has 13 rings (SSSR count). The van der Waals surface area contributed by atoms with E-state index in [1.54, 1.807) is 0 Å². The number of para-hydroxylation sites is 2. The van der Waals surface area contributed by atoms with Gasteiger partial charge in [-0.15, -0.1) is 11.3 Å². The van der Waals surface area contributed by atoms with Crippen LogP contribution in [-0.4, -0.2) is 23.0 Å².